The summed E-state index contributed by atoms with van der Waals surface area (Å²) in [6.45, 7) is 1.76. The monoisotopic (exact) mass is 402 g/mol. The van der Waals surface area contributed by atoms with Gasteiger partial charge >= 0.3 is 0 Å². The molecule has 0 radical (unpaired) electrons. The Morgan fingerprint density at radius 1 is 1.21 bits per heavy atom. The van der Waals surface area contributed by atoms with Crippen LogP contribution in [0.2, 0.25) is 0 Å². The molecule has 122 valence electrons. The van der Waals surface area contributed by atoms with Crippen LogP contribution in [0, 0.1) is 0 Å². The second-order valence-corrected chi connectivity index (χ2v) is 6.84. The zero-order valence-corrected chi connectivity index (χ0v) is 15.4. The number of nitrogens with zero attached hydrogens (tertiary/aromatic N) is 1. The number of benzene rings is 2. The molecule has 0 saturated heterocycles. The quantitative estimate of drug-likeness (QED) is 0.501. The van der Waals surface area contributed by atoms with Crippen molar-refractivity contribution in [1.82, 2.24) is 5.43 Å². The first-order chi connectivity index (χ1) is 11.6. The Bertz CT molecular complexity index is 891. The SMILES string of the molecule is C/C(=N\NC(=O)COc1ccc2ccccc2c1Br)c1cccs1. The fourth-order valence-electron chi connectivity index (χ4n) is 2.19. The predicted octanol–water partition coefficient (Wildman–Crippen LogP) is 4.58. The van der Waals surface area contributed by atoms with Crippen LogP contribution in [0.25, 0.3) is 10.8 Å². The van der Waals surface area contributed by atoms with Crippen LogP contribution >= 0.6 is 27.3 Å². The fraction of sp³-hybridized carbons (Fsp3) is 0.111. The van der Waals surface area contributed by atoms with Crippen molar-refractivity contribution >= 4 is 49.7 Å². The lowest BCUT2D eigenvalue weighted by molar-refractivity contribution is -0.123. The van der Waals surface area contributed by atoms with E-state index < -0.39 is 0 Å². The minimum Gasteiger partial charge on any atom is -0.483 e. The van der Waals surface area contributed by atoms with Gasteiger partial charge in [-0.1, -0.05) is 36.4 Å². The minimum atomic E-state index is -0.300. The smallest absolute Gasteiger partial charge is 0.277 e. The standard InChI is InChI=1S/C18H15BrN2O2S/c1-12(16-7-4-10-24-16)20-21-17(22)11-23-15-9-8-13-5-2-3-6-14(13)18(15)19/h2-10H,11H2,1H3,(H,21,22)/b20-12+. The Hall–Kier alpha value is -2.18. The molecule has 0 spiro atoms. The van der Waals surface area contributed by atoms with Gasteiger partial charge in [0.05, 0.1) is 10.2 Å². The van der Waals surface area contributed by atoms with E-state index in [1.807, 2.05) is 60.8 Å². The first-order valence-electron chi connectivity index (χ1n) is 7.32. The number of hydrogen-bond donors (Lipinski definition) is 1. The van der Waals surface area contributed by atoms with Gasteiger partial charge in [-0.2, -0.15) is 5.10 Å². The highest BCUT2D eigenvalue weighted by Gasteiger charge is 2.08. The maximum atomic E-state index is 11.9. The van der Waals surface area contributed by atoms with E-state index in [-0.39, 0.29) is 12.5 Å². The molecule has 3 rings (SSSR count). The number of hydrogen-bond acceptors (Lipinski definition) is 4. The molecule has 0 bridgehead atoms. The van der Waals surface area contributed by atoms with Gasteiger partial charge in [0, 0.05) is 4.88 Å². The number of amides is 1. The summed E-state index contributed by atoms with van der Waals surface area (Å²) in [6.07, 6.45) is 0. The minimum absolute atomic E-state index is 0.0990. The Kier molecular flexibility index (Phi) is 5.27. The molecule has 0 aliphatic heterocycles. The van der Waals surface area contributed by atoms with E-state index in [1.165, 1.54) is 0 Å². The van der Waals surface area contributed by atoms with Crippen LogP contribution in [-0.4, -0.2) is 18.2 Å². The van der Waals surface area contributed by atoms with Crippen molar-refractivity contribution in [3.63, 3.8) is 0 Å². The Morgan fingerprint density at radius 2 is 2.04 bits per heavy atom. The highest BCUT2D eigenvalue weighted by atomic mass is 79.9. The van der Waals surface area contributed by atoms with Crippen molar-refractivity contribution in [2.45, 2.75) is 6.92 Å². The number of hydrazone groups is 1. The van der Waals surface area contributed by atoms with E-state index in [0.29, 0.717) is 5.75 Å². The van der Waals surface area contributed by atoms with Crippen LogP contribution in [0.3, 0.4) is 0 Å². The molecule has 2 aromatic carbocycles. The molecule has 0 unspecified atom stereocenters. The van der Waals surface area contributed by atoms with E-state index in [9.17, 15) is 4.79 Å². The third-order valence-corrected chi connectivity index (χ3v) is 5.21. The molecular formula is C18H15BrN2O2S. The number of halogens is 1. The van der Waals surface area contributed by atoms with Crippen LogP contribution in [-0.2, 0) is 4.79 Å². The summed E-state index contributed by atoms with van der Waals surface area (Å²) in [4.78, 5) is 12.9. The number of thiophene rings is 1. The normalized spacial score (nSPS) is 11.5. The molecule has 1 aromatic heterocycles. The lowest BCUT2D eigenvalue weighted by Gasteiger charge is -2.09. The van der Waals surface area contributed by atoms with Gasteiger partial charge in [-0.25, -0.2) is 5.43 Å². The van der Waals surface area contributed by atoms with Crippen molar-refractivity contribution in [2.24, 2.45) is 5.10 Å². The van der Waals surface area contributed by atoms with Crippen LogP contribution in [0.15, 0.2) is 63.5 Å². The fourth-order valence-corrected chi connectivity index (χ4v) is 3.47. The van der Waals surface area contributed by atoms with Gasteiger partial charge in [-0.15, -0.1) is 11.3 Å². The van der Waals surface area contributed by atoms with E-state index >= 15 is 0 Å². The first-order valence-corrected chi connectivity index (χ1v) is 8.99. The van der Waals surface area contributed by atoms with Crippen molar-refractivity contribution < 1.29 is 9.53 Å². The second kappa shape index (κ2) is 7.59. The number of ether oxygens (including phenoxy) is 1. The Labute approximate surface area is 152 Å². The summed E-state index contributed by atoms with van der Waals surface area (Å²) >= 11 is 5.11. The van der Waals surface area contributed by atoms with E-state index in [1.54, 1.807) is 11.3 Å². The number of nitrogens with one attached hydrogen (secondary N) is 1. The molecule has 3 aromatic rings. The third kappa shape index (κ3) is 3.83. The maximum Gasteiger partial charge on any atom is 0.277 e. The Morgan fingerprint density at radius 3 is 2.83 bits per heavy atom. The Balaban J connectivity index is 1.62. The van der Waals surface area contributed by atoms with E-state index in [2.05, 4.69) is 26.5 Å². The predicted molar refractivity (Wildman–Crippen MR) is 102 cm³/mol. The average molecular weight is 403 g/mol. The van der Waals surface area contributed by atoms with Gasteiger partial charge < -0.3 is 4.74 Å². The molecule has 1 heterocycles. The van der Waals surface area contributed by atoms with E-state index in [4.69, 9.17) is 4.74 Å². The van der Waals surface area contributed by atoms with Gasteiger partial charge in [0.1, 0.15) is 5.75 Å². The third-order valence-electron chi connectivity index (χ3n) is 3.41. The lowest BCUT2D eigenvalue weighted by atomic mass is 10.1. The highest BCUT2D eigenvalue weighted by Crippen LogP contribution is 2.32. The lowest BCUT2D eigenvalue weighted by Crippen LogP contribution is -2.25. The van der Waals surface area contributed by atoms with Crippen molar-refractivity contribution in [2.75, 3.05) is 6.61 Å². The average Bonchev–Trinajstić information content (AvgIpc) is 3.14. The summed E-state index contributed by atoms with van der Waals surface area (Å²) in [7, 11) is 0. The molecule has 0 atom stereocenters. The molecule has 6 heteroatoms. The molecule has 0 saturated carbocycles. The molecular weight excluding hydrogens is 388 g/mol. The van der Waals surface area contributed by atoms with E-state index in [0.717, 1.165) is 25.8 Å². The molecule has 1 amide bonds. The van der Waals surface area contributed by atoms with Gasteiger partial charge in [0.25, 0.3) is 5.91 Å². The van der Waals surface area contributed by atoms with Crippen molar-refractivity contribution in [1.29, 1.82) is 0 Å². The van der Waals surface area contributed by atoms with Crippen LogP contribution in [0.4, 0.5) is 0 Å². The van der Waals surface area contributed by atoms with Gasteiger partial charge in [-0.3, -0.25) is 4.79 Å². The number of fused-ring (bicyclic) bond motifs is 1. The topological polar surface area (TPSA) is 50.7 Å². The largest absolute Gasteiger partial charge is 0.483 e. The number of rotatable bonds is 5. The summed E-state index contributed by atoms with van der Waals surface area (Å²) in [5.74, 6) is 0.328. The van der Waals surface area contributed by atoms with Gasteiger partial charge in [-0.05, 0) is 51.1 Å². The maximum absolute atomic E-state index is 11.9. The van der Waals surface area contributed by atoms with Gasteiger partial charge in [0.15, 0.2) is 6.61 Å². The number of carbonyl (C=O) groups is 1. The zero-order valence-electron chi connectivity index (χ0n) is 13.0. The molecule has 1 N–H and O–H groups in total. The van der Waals surface area contributed by atoms with Crippen molar-refractivity contribution in [3.05, 3.63) is 63.3 Å². The molecule has 0 aliphatic rings. The second-order valence-electron chi connectivity index (χ2n) is 5.10. The molecule has 24 heavy (non-hydrogen) atoms. The van der Waals surface area contributed by atoms with Gasteiger partial charge in [0.2, 0.25) is 0 Å². The summed E-state index contributed by atoms with van der Waals surface area (Å²) in [6, 6.07) is 15.7. The molecule has 0 fully saturated rings. The summed E-state index contributed by atoms with van der Waals surface area (Å²) < 4.78 is 6.44. The summed E-state index contributed by atoms with van der Waals surface area (Å²) in [5, 5.41) is 8.21. The molecule has 0 aliphatic carbocycles. The van der Waals surface area contributed by atoms with Crippen LogP contribution in [0.1, 0.15) is 11.8 Å². The first kappa shape index (κ1) is 16.7. The zero-order chi connectivity index (χ0) is 16.9. The summed E-state index contributed by atoms with van der Waals surface area (Å²) in [5.41, 5.74) is 3.28. The van der Waals surface area contributed by atoms with Crippen molar-refractivity contribution in [3.8, 4) is 5.75 Å². The van der Waals surface area contributed by atoms with Crippen LogP contribution in [0.5, 0.6) is 5.75 Å². The molecule has 4 nitrogen and oxygen atoms in total. The highest BCUT2D eigenvalue weighted by molar-refractivity contribution is 9.10. The van der Waals surface area contributed by atoms with Crippen LogP contribution < -0.4 is 10.2 Å². The number of carbonyl (C=O) groups excluding carboxylic acids is 1.